The lowest BCUT2D eigenvalue weighted by molar-refractivity contribution is 0.380. The van der Waals surface area contributed by atoms with Crippen LogP contribution in [0, 0.1) is 12.7 Å². The van der Waals surface area contributed by atoms with E-state index in [0.717, 1.165) is 25.1 Å². The molecule has 1 N–H and O–H groups in total. The third kappa shape index (κ3) is 3.74. The predicted octanol–water partition coefficient (Wildman–Crippen LogP) is 3.47. The van der Waals surface area contributed by atoms with Crippen LogP contribution in [0.15, 0.2) is 42.7 Å². The van der Waals surface area contributed by atoms with Gasteiger partial charge in [-0.2, -0.15) is 9.97 Å². The zero-order chi connectivity index (χ0) is 21.4. The molecule has 0 saturated carbocycles. The topological polar surface area (TPSA) is 77.8 Å². The van der Waals surface area contributed by atoms with Crippen molar-refractivity contribution in [2.75, 3.05) is 20.2 Å². The van der Waals surface area contributed by atoms with Gasteiger partial charge in [0, 0.05) is 18.3 Å². The van der Waals surface area contributed by atoms with Crippen LogP contribution in [-0.4, -0.2) is 44.7 Å². The van der Waals surface area contributed by atoms with Gasteiger partial charge in [0.05, 0.1) is 25.5 Å². The van der Waals surface area contributed by atoms with Gasteiger partial charge in [0.1, 0.15) is 17.2 Å². The molecule has 0 amide bonds. The van der Waals surface area contributed by atoms with Gasteiger partial charge in [0.25, 0.3) is 0 Å². The Hall–Kier alpha value is -3.39. The Labute approximate surface area is 179 Å². The summed E-state index contributed by atoms with van der Waals surface area (Å²) < 4.78 is 21.1. The van der Waals surface area contributed by atoms with Gasteiger partial charge >= 0.3 is 6.01 Å². The molecule has 7 nitrogen and oxygen atoms in total. The molecule has 158 valence electrons. The van der Waals surface area contributed by atoms with Gasteiger partial charge in [-0.25, -0.2) is 9.37 Å². The van der Waals surface area contributed by atoms with Gasteiger partial charge in [0.2, 0.25) is 0 Å². The standard InChI is InChI=1S/C23H23FN6O/c1-14-20-22(29-23(27-14)31-2)30(21(28-20)18-9-19(24)12-26-11-18)13-15-3-5-16(6-4-15)17-7-8-25-10-17/h3-6,9,11-12,17,25H,7-8,10,13H2,1-2H3. The summed E-state index contributed by atoms with van der Waals surface area (Å²) in [4.78, 5) is 17.6. The van der Waals surface area contributed by atoms with E-state index in [0.29, 0.717) is 40.7 Å². The number of nitrogens with zero attached hydrogens (tertiary/aromatic N) is 5. The second kappa shape index (κ2) is 8.03. The van der Waals surface area contributed by atoms with E-state index in [9.17, 15) is 4.39 Å². The van der Waals surface area contributed by atoms with Crippen LogP contribution in [0.1, 0.15) is 29.2 Å². The molecule has 1 unspecified atom stereocenters. The fourth-order valence-corrected chi connectivity index (χ4v) is 4.12. The first-order valence-corrected chi connectivity index (χ1v) is 10.3. The van der Waals surface area contributed by atoms with Gasteiger partial charge < -0.3 is 14.6 Å². The smallest absolute Gasteiger partial charge is 0.318 e. The van der Waals surface area contributed by atoms with Crippen molar-refractivity contribution in [3.63, 3.8) is 0 Å². The van der Waals surface area contributed by atoms with E-state index in [1.807, 2.05) is 11.5 Å². The zero-order valence-electron chi connectivity index (χ0n) is 17.5. The van der Waals surface area contributed by atoms with E-state index >= 15 is 0 Å². The number of pyridine rings is 1. The summed E-state index contributed by atoms with van der Waals surface area (Å²) in [6, 6.07) is 10.4. The molecule has 4 heterocycles. The van der Waals surface area contributed by atoms with Gasteiger partial charge in [-0.15, -0.1) is 0 Å². The van der Waals surface area contributed by atoms with Crippen LogP contribution < -0.4 is 10.1 Å². The molecular formula is C23H23FN6O. The van der Waals surface area contributed by atoms with Crippen molar-refractivity contribution in [3.05, 3.63) is 65.4 Å². The number of benzene rings is 1. The summed E-state index contributed by atoms with van der Waals surface area (Å²) in [5, 5.41) is 3.41. The minimum atomic E-state index is -0.411. The Kier molecular flexibility index (Phi) is 5.07. The summed E-state index contributed by atoms with van der Waals surface area (Å²) in [7, 11) is 1.54. The first-order chi connectivity index (χ1) is 15.1. The average molecular weight is 418 g/mol. The normalized spacial score (nSPS) is 16.2. The summed E-state index contributed by atoms with van der Waals surface area (Å²) in [6.07, 6.45) is 3.95. The SMILES string of the molecule is COc1nc(C)c2nc(-c3cncc(F)c3)n(Cc3ccc(C4CCNC4)cc3)c2n1. The lowest BCUT2D eigenvalue weighted by Gasteiger charge is -2.12. The number of hydrogen-bond acceptors (Lipinski definition) is 6. The Morgan fingerprint density at radius 3 is 2.71 bits per heavy atom. The number of methoxy groups -OCH3 is 1. The molecular weight excluding hydrogens is 395 g/mol. The largest absolute Gasteiger partial charge is 0.467 e. The molecule has 4 aromatic rings. The second-order valence-corrected chi connectivity index (χ2v) is 7.81. The molecule has 1 aliphatic rings. The second-order valence-electron chi connectivity index (χ2n) is 7.81. The zero-order valence-corrected chi connectivity index (χ0v) is 17.5. The summed E-state index contributed by atoms with van der Waals surface area (Å²) in [5.74, 6) is 0.749. The van der Waals surface area contributed by atoms with Crippen LogP contribution in [0.25, 0.3) is 22.6 Å². The third-order valence-corrected chi connectivity index (χ3v) is 5.75. The third-order valence-electron chi connectivity index (χ3n) is 5.75. The molecule has 0 spiro atoms. The van der Waals surface area contributed by atoms with Gasteiger partial charge in [-0.3, -0.25) is 4.98 Å². The van der Waals surface area contributed by atoms with E-state index in [1.165, 1.54) is 24.9 Å². The van der Waals surface area contributed by atoms with Crippen molar-refractivity contribution in [1.29, 1.82) is 0 Å². The van der Waals surface area contributed by atoms with Crippen molar-refractivity contribution in [1.82, 2.24) is 29.8 Å². The summed E-state index contributed by atoms with van der Waals surface area (Å²) in [5.41, 5.74) is 5.05. The molecule has 1 aliphatic heterocycles. The maximum atomic E-state index is 13.9. The van der Waals surface area contributed by atoms with E-state index < -0.39 is 5.82 Å². The highest BCUT2D eigenvalue weighted by Gasteiger charge is 2.20. The fourth-order valence-electron chi connectivity index (χ4n) is 4.12. The Balaban J connectivity index is 1.60. The fraction of sp³-hybridized carbons (Fsp3) is 0.304. The van der Waals surface area contributed by atoms with Crippen LogP contribution in [-0.2, 0) is 6.54 Å². The maximum absolute atomic E-state index is 13.9. The Morgan fingerprint density at radius 2 is 2.00 bits per heavy atom. The highest BCUT2D eigenvalue weighted by atomic mass is 19.1. The molecule has 0 aliphatic carbocycles. The minimum Gasteiger partial charge on any atom is -0.467 e. The van der Waals surface area contributed by atoms with Crippen LogP contribution in [0.3, 0.4) is 0 Å². The lowest BCUT2D eigenvalue weighted by atomic mass is 9.97. The van der Waals surface area contributed by atoms with Crippen LogP contribution in [0.5, 0.6) is 6.01 Å². The van der Waals surface area contributed by atoms with Crippen molar-refractivity contribution >= 4 is 11.2 Å². The van der Waals surface area contributed by atoms with Crippen molar-refractivity contribution in [3.8, 4) is 17.4 Å². The number of aromatic nitrogens is 5. The first kappa shape index (κ1) is 19.6. The maximum Gasteiger partial charge on any atom is 0.318 e. The number of imidazole rings is 1. The van der Waals surface area contributed by atoms with E-state index in [1.54, 1.807) is 6.20 Å². The first-order valence-electron chi connectivity index (χ1n) is 10.3. The monoisotopic (exact) mass is 418 g/mol. The van der Waals surface area contributed by atoms with Gasteiger partial charge in [-0.05, 0) is 43.0 Å². The molecule has 0 radical (unpaired) electrons. The Bertz CT molecular complexity index is 1230. The molecule has 5 rings (SSSR count). The van der Waals surface area contributed by atoms with E-state index in [2.05, 4.69) is 44.5 Å². The van der Waals surface area contributed by atoms with Crippen LogP contribution >= 0.6 is 0 Å². The van der Waals surface area contributed by atoms with E-state index in [-0.39, 0.29) is 6.01 Å². The lowest BCUT2D eigenvalue weighted by Crippen LogP contribution is -2.08. The van der Waals surface area contributed by atoms with Crippen molar-refractivity contribution in [2.45, 2.75) is 25.8 Å². The molecule has 0 bridgehead atoms. The molecule has 1 atom stereocenters. The highest BCUT2D eigenvalue weighted by Crippen LogP contribution is 2.28. The van der Waals surface area contributed by atoms with E-state index in [4.69, 9.17) is 9.72 Å². The number of aryl methyl sites for hydroxylation is 1. The molecule has 31 heavy (non-hydrogen) atoms. The molecule has 1 fully saturated rings. The average Bonchev–Trinajstić information content (AvgIpc) is 3.43. The Morgan fingerprint density at radius 1 is 1.16 bits per heavy atom. The molecule has 8 heteroatoms. The number of hydrogen-bond donors (Lipinski definition) is 1. The summed E-state index contributed by atoms with van der Waals surface area (Å²) in [6.45, 7) is 4.49. The number of rotatable bonds is 5. The number of halogens is 1. The molecule has 1 aromatic carbocycles. The minimum absolute atomic E-state index is 0.277. The van der Waals surface area contributed by atoms with Crippen molar-refractivity contribution in [2.24, 2.45) is 0 Å². The number of ether oxygens (including phenoxy) is 1. The highest BCUT2D eigenvalue weighted by molar-refractivity contribution is 5.79. The number of nitrogens with one attached hydrogen (secondary N) is 1. The van der Waals surface area contributed by atoms with Crippen molar-refractivity contribution < 1.29 is 9.13 Å². The predicted molar refractivity (Wildman–Crippen MR) is 116 cm³/mol. The van der Waals surface area contributed by atoms with Gasteiger partial charge in [-0.1, -0.05) is 24.3 Å². The van der Waals surface area contributed by atoms with Crippen LogP contribution in [0.2, 0.25) is 0 Å². The number of fused-ring (bicyclic) bond motifs is 1. The summed E-state index contributed by atoms with van der Waals surface area (Å²) >= 11 is 0. The molecule has 3 aromatic heterocycles. The van der Waals surface area contributed by atoms with Gasteiger partial charge in [0.15, 0.2) is 5.65 Å². The van der Waals surface area contributed by atoms with Crippen LogP contribution in [0.4, 0.5) is 4.39 Å². The quantitative estimate of drug-likeness (QED) is 0.535. The molecule has 1 saturated heterocycles.